The van der Waals surface area contributed by atoms with Crippen LogP contribution in [0, 0.1) is 6.92 Å². The van der Waals surface area contributed by atoms with Crippen LogP contribution in [0.3, 0.4) is 0 Å². The molecule has 0 amide bonds. The first-order valence-corrected chi connectivity index (χ1v) is 6.45. The van der Waals surface area contributed by atoms with Crippen molar-refractivity contribution in [2.24, 2.45) is 0 Å². The van der Waals surface area contributed by atoms with E-state index in [9.17, 15) is 9.90 Å². The second-order valence-corrected chi connectivity index (χ2v) is 5.28. The SMILES string of the molecule is Cc1ccc(-c2ccc(Br)cc2C(=O)O)cc1Cl. The van der Waals surface area contributed by atoms with Crippen LogP contribution >= 0.6 is 27.5 Å². The molecule has 0 saturated heterocycles. The lowest BCUT2D eigenvalue weighted by Crippen LogP contribution is -1.99. The van der Waals surface area contributed by atoms with E-state index in [4.69, 9.17) is 11.6 Å². The fraction of sp³-hybridized carbons (Fsp3) is 0.0714. The third-order valence-corrected chi connectivity index (χ3v) is 3.60. The molecule has 18 heavy (non-hydrogen) atoms. The lowest BCUT2D eigenvalue weighted by molar-refractivity contribution is 0.0697. The van der Waals surface area contributed by atoms with Gasteiger partial charge in [0.1, 0.15) is 0 Å². The molecule has 0 heterocycles. The Morgan fingerprint density at radius 3 is 2.56 bits per heavy atom. The molecule has 0 aliphatic rings. The van der Waals surface area contributed by atoms with Crippen molar-refractivity contribution in [1.29, 1.82) is 0 Å². The maximum atomic E-state index is 11.2. The Kier molecular flexibility index (Phi) is 3.73. The van der Waals surface area contributed by atoms with E-state index in [0.717, 1.165) is 15.6 Å². The average Bonchev–Trinajstić information content (AvgIpc) is 2.32. The van der Waals surface area contributed by atoms with E-state index < -0.39 is 5.97 Å². The van der Waals surface area contributed by atoms with Crippen molar-refractivity contribution in [2.75, 3.05) is 0 Å². The maximum Gasteiger partial charge on any atom is 0.336 e. The van der Waals surface area contributed by atoms with Gasteiger partial charge in [-0.3, -0.25) is 0 Å². The largest absolute Gasteiger partial charge is 0.478 e. The van der Waals surface area contributed by atoms with Crippen LogP contribution in [0.15, 0.2) is 40.9 Å². The van der Waals surface area contributed by atoms with Gasteiger partial charge in [0.15, 0.2) is 0 Å². The first kappa shape index (κ1) is 13.1. The summed E-state index contributed by atoms with van der Waals surface area (Å²) < 4.78 is 0.738. The average molecular weight is 326 g/mol. The smallest absolute Gasteiger partial charge is 0.336 e. The van der Waals surface area contributed by atoms with Gasteiger partial charge in [-0.2, -0.15) is 0 Å². The first-order chi connectivity index (χ1) is 8.49. The third kappa shape index (κ3) is 2.57. The summed E-state index contributed by atoms with van der Waals surface area (Å²) in [4.78, 5) is 11.2. The number of aryl methyl sites for hydroxylation is 1. The van der Waals surface area contributed by atoms with Gasteiger partial charge in [-0.25, -0.2) is 4.79 Å². The molecule has 0 saturated carbocycles. The lowest BCUT2D eigenvalue weighted by atomic mass is 9.99. The molecule has 2 nitrogen and oxygen atoms in total. The maximum absolute atomic E-state index is 11.2. The lowest BCUT2D eigenvalue weighted by Gasteiger charge is -2.08. The molecule has 2 aromatic rings. The number of carboxylic acid groups (broad SMARTS) is 1. The number of benzene rings is 2. The van der Waals surface area contributed by atoms with Crippen LogP contribution in [0.4, 0.5) is 0 Å². The summed E-state index contributed by atoms with van der Waals surface area (Å²) in [5.41, 5.74) is 2.68. The molecule has 0 aromatic heterocycles. The van der Waals surface area contributed by atoms with E-state index in [-0.39, 0.29) is 5.56 Å². The van der Waals surface area contributed by atoms with Crippen LogP contribution < -0.4 is 0 Å². The summed E-state index contributed by atoms with van der Waals surface area (Å²) in [7, 11) is 0. The van der Waals surface area contributed by atoms with Crippen LogP contribution in [0.5, 0.6) is 0 Å². The summed E-state index contributed by atoms with van der Waals surface area (Å²) >= 11 is 9.34. The van der Waals surface area contributed by atoms with Crippen LogP contribution in [0.1, 0.15) is 15.9 Å². The number of rotatable bonds is 2. The van der Waals surface area contributed by atoms with Gasteiger partial charge in [-0.15, -0.1) is 0 Å². The zero-order valence-corrected chi connectivity index (χ0v) is 11.9. The fourth-order valence-electron chi connectivity index (χ4n) is 1.71. The highest BCUT2D eigenvalue weighted by atomic mass is 79.9. The van der Waals surface area contributed by atoms with Crippen molar-refractivity contribution >= 4 is 33.5 Å². The van der Waals surface area contributed by atoms with Crippen molar-refractivity contribution in [2.45, 2.75) is 6.92 Å². The Hall–Kier alpha value is -1.32. The minimum Gasteiger partial charge on any atom is -0.478 e. The Bertz CT molecular complexity index is 623. The van der Waals surface area contributed by atoms with Crippen LogP contribution in [-0.4, -0.2) is 11.1 Å². The van der Waals surface area contributed by atoms with Gasteiger partial charge >= 0.3 is 5.97 Å². The highest BCUT2D eigenvalue weighted by molar-refractivity contribution is 9.10. The van der Waals surface area contributed by atoms with Gasteiger partial charge in [0, 0.05) is 9.50 Å². The van der Waals surface area contributed by atoms with Crippen LogP contribution in [0.2, 0.25) is 5.02 Å². The van der Waals surface area contributed by atoms with Gasteiger partial charge in [0.2, 0.25) is 0 Å². The predicted molar refractivity (Wildman–Crippen MR) is 76.3 cm³/mol. The van der Waals surface area contributed by atoms with Gasteiger partial charge < -0.3 is 5.11 Å². The van der Waals surface area contributed by atoms with Gasteiger partial charge in [-0.05, 0) is 41.8 Å². The van der Waals surface area contributed by atoms with Crippen LogP contribution in [0.25, 0.3) is 11.1 Å². The number of carbonyl (C=O) groups is 1. The van der Waals surface area contributed by atoms with Crippen molar-refractivity contribution < 1.29 is 9.90 Å². The van der Waals surface area contributed by atoms with E-state index in [0.29, 0.717) is 10.6 Å². The zero-order chi connectivity index (χ0) is 13.3. The molecule has 0 radical (unpaired) electrons. The van der Waals surface area contributed by atoms with Gasteiger partial charge in [0.25, 0.3) is 0 Å². The Balaban J connectivity index is 2.63. The molecule has 4 heteroatoms. The van der Waals surface area contributed by atoms with E-state index in [1.54, 1.807) is 18.2 Å². The molecule has 2 rings (SSSR count). The van der Waals surface area contributed by atoms with Crippen LogP contribution in [-0.2, 0) is 0 Å². The minimum absolute atomic E-state index is 0.254. The van der Waals surface area contributed by atoms with Crippen molar-refractivity contribution in [3.8, 4) is 11.1 Å². The Labute approximate surface area is 118 Å². The number of halogens is 2. The van der Waals surface area contributed by atoms with Crippen molar-refractivity contribution in [1.82, 2.24) is 0 Å². The standard InChI is InChI=1S/C14H10BrClO2/c1-8-2-3-9(6-13(8)16)11-5-4-10(15)7-12(11)14(17)18/h2-7H,1H3,(H,17,18). The molecular formula is C14H10BrClO2. The van der Waals surface area contributed by atoms with E-state index in [1.165, 1.54) is 0 Å². The molecule has 0 atom stereocenters. The summed E-state index contributed by atoms with van der Waals surface area (Å²) in [5, 5.41) is 9.85. The highest BCUT2D eigenvalue weighted by Gasteiger charge is 2.12. The number of hydrogen-bond acceptors (Lipinski definition) is 1. The Morgan fingerprint density at radius 2 is 1.94 bits per heavy atom. The molecular weight excluding hydrogens is 316 g/mol. The van der Waals surface area contributed by atoms with E-state index in [1.807, 2.05) is 25.1 Å². The molecule has 0 spiro atoms. The summed E-state index contributed by atoms with van der Waals surface area (Å²) in [6.07, 6.45) is 0. The molecule has 1 N–H and O–H groups in total. The quantitative estimate of drug-likeness (QED) is 0.863. The molecule has 0 fully saturated rings. The molecule has 0 bridgehead atoms. The minimum atomic E-state index is -0.956. The zero-order valence-electron chi connectivity index (χ0n) is 9.58. The summed E-state index contributed by atoms with van der Waals surface area (Å²) in [6, 6.07) is 10.7. The van der Waals surface area contributed by atoms with Crippen molar-refractivity contribution in [3.05, 3.63) is 57.0 Å². The molecule has 0 aliphatic carbocycles. The van der Waals surface area contributed by atoms with Gasteiger partial charge in [-0.1, -0.05) is 45.7 Å². The summed E-state index contributed by atoms with van der Waals surface area (Å²) in [6.45, 7) is 1.91. The number of carboxylic acids is 1. The first-order valence-electron chi connectivity index (χ1n) is 5.28. The van der Waals surface area contributed by atoms with E-state index in [2.05, 4.69) is 15.9 Å². The van der Waals surface area contributed by atoms with Gasteiger partial charge in [0.05, 0.1) is 5.56 Å². The Morgan fingerprint density at radius 1 is 1.22 bits per heavy atom. The summed E-state index contributed by atoms with van der Waals surface area (Å²) in [5.74, 6) is -0.956. The molecule has 92 valence electrons. The monoisotopic (exact) mass is 324 g/mol. The topological polar surface area (TPSA) is 37.3 Å². The van der Waals surface area contributed by atoms with E-state index >= 15 is 0 Å². The fourth-order valence-corrected chi connectivity index (χ4v) is 2.25. The molecule has 2 aromatic carbocycles. The predicted octanol–water partition coefficient (Wildman–Crippen LogP) is 4.78. The normalized spacial score (nSPS) is 10.4. The third-order valence-electron chi connectivity index (χ3n) is 2.69. The second-order valence-electron chi connectivity index (χ2n) is 3.96. The molecule has 0 aliphatic heterocycles. The second kappa shape index (κ2) is 5.12. The molecule has 0 unspecified atom stereocenters. The highest BCUT2D eigenvalue weighted by Crippen LogP contribution is 2.29. The van der Waals surface area contributed by atoms with Crippen molar-refractivity contribution in [3.63, 3.8) is 0 Å². The number of aromatic carboxylic acids is 1. The number of hydrogen-bond donors (Lipinski definition) is 1.